The van der Waals surface area contributed by atoms with E-state index in [1.807, 2.05) is 30.3 Å². The second-order valence-electron chi connectivity index (χ2n) is 5.25. The van der Waals surface area contributed by atoms with Crippen LogP contribution in [0.15, 0.2) is 69.9 Å². The van der Waals surface area contributed by atoms with Crippen LogP contribution in [0.2, 0.25) is 5.02 Å². The van der Waals surface area contributed by atoms with Gasteiger partial charge in [-0.05, 0) is 24.3 Å². The number of nitrogens with zero attached hydrogens (tertiary/aromatic N) is 2. The molecule has 1 heterocycles. The summed E-state index contributed by atoms with van der Waals surface area (Å²) in [4.78, 5) is 24.2. The lowest BCUT2D eigenvalue weighted by Gasteiger charge is -2.09. The lowest BCUT2D eigenvalue weighted by Crippen LogP contribution is -2.29. The first-order chi connectivity index (χ1) is 12.0. The molecule has 0 aliphatic carbocycles. The number of benzene rings is 2. The van der Waals surface area contributed by atoms with Gasteiger partial charge in [0.15, 0.2) is 0 Å². The van der Waals surface area contributed by atoms with Crippen LogP contribution in [0.4, 0.5) is 5.69 Å². The molecule has 1 N–H and O–H groups in total. The van der Waals surface area contributed by atoms with Crippen molar-refractivity contribution in [1.82, 2.24) is 9.78 Å². The average molecular weight is 419 g/mol. The topological polar surface area (TPSA) is 64.0 Å². The maximum atomic E-state index is 12.2. The summed E-state index contributed by atoms with van der Waals surface area (Å²) in [5.41, 5.74) is 1.61. The zero-order valence-electron chi connectivity index (χ0n) is 12.9. The van der Waals surface area contributed by atoms with E-state index in [1.165, 1.54) is 6.07 Å². The first-order valence-corrected chi connectivity index (χ1v) is 8.58. The number of carbonyl (C=O) groups is 1. The molecule has 0 aliphatic heterocycles. The van der Waals surface area contributed by atoms with Crippen LogP contribution in [0, 0.1) is 0 Å². The molecule has 1 amide bonds. The largest absolute Gasteiger partial charge is 0.323 e. The zero-order chi connectivity index (χ0) is 17.8. The highest BCUT2D eigenvalue weighted by Gasteiger charge is 2.10. The number of anilines is 1. The molecule has 3 rings (SSSR count). The zero-order valence-corrected chi connectivity index (χ0v) is 15.3. The summed E-state index contributed by atoms with van der Waals surface area (Å²) in [6.45, 7) is -0.202. The second-order valence-corrected chi connectivity index (χ2v) is 6.58. The fourth-order valence-corrected chi connectivity index (χ4v) is 2.96. The summed E-state index contributed by atoms with van der Waals surface area (Å²) >= 11 is 9.39. The third-order valence-corrected chi connectivity index (χ3v) is 4.24. The number of halogens is 2. The fraction of sp³-hybridized carbons (Fsp3) is 0.0556. The number of hydrogen-bond acceptors (Lipinski definition) is 3. The van der Waals surface area contributed by atoms with Crippen LogP contribution in [-0.2, 0) is 11.3 Å². The van der Waals surface area contributed by atoms with Gasteiger partial charge in [0.05, 0.1) is 16.4 Å². The van der Waals surface area contributed by atoms with Crippen molar-refractivity contribution in [3.63, 3.8) is 0 Å². The monoisotopic (exact) mass is 417 g/mol. The molecular weight excluding hydrogens is 406 g/mol. The average Bonchev–Trinajstić information content (AvgIpc) is 2.60. The molecule has 0 radical (unpaired) electrons. The molecule has 5 nitrogen and oxygen atoms in total. The molecular formula is C18H13BrClN3O2. The Labute approximate surface area is 157 Å². The van der Waals surface area contributed by atoms with Crippen LogP contribution in [0.1, 0.15) is 0 Å². The third kappa shape index (κ3) is 4.35. The maximum Gasteiger partial charge on any atom is 0.267 e. The van der Waals surface area contributed by atoms with Crippen molar-refractivity contribution in [3.05, 3.63) is 80.5 Å². The molecule has 0 saturated carbocycles. The van der Waals surface area contributed by atoms with Crippen molar-refractivity contribution in [1.29, 1.82) is 0 Å². The van der Waals surface area contributed by atoms with Gasteiger partial charge in [-0.15, -0.1) is 0 Å². The Kier molecular flexibility index (Phi) is 5.31. The minimum Gasteiger partial charge on any atom is -0.323 e. The highest BCUT2D eigenvalue weighted by atomic mass is 79.9. The number of rotatable bonds is 4. The van der Waals surface area contributed by atoms with E-state index in [0.29, 0.717) is 16.4 Å². The molecule has 0 bridgehead atoms. The van der Waals surface area contributed by atoms with Crippen LogP contribution >= 0.6 is 27.5 Å². The first kappa shape index (κ1) is 17.4. The lowest BCUT2D eigenvalue weighted by molar-refractivity contribution is -0.117. The van der Waals surface area contributed by atoms with Crippen LogP contribution in [0.25, 0.3) is 11.3 Å². The van der Waals surface area contributed by atoms with Crippen molar-refractivity contribution in [2.24, 2.45) is 0 Å². The van der Waals surface area contributed by atoms with E-state index in [2.05, 4.69) is 26.3 Å². The molecule has 0 saturated heterocycles. The van der Waals surface area contributed by atoms with Crippen LogP contribution in [-0.4, -0.2) is 15.7 Å². The van der Waals surface area contributed by atoms with Crippen molar-refractivity contribution in [2.45, 2.75) is 6.54 Å². The van der Waals surface area contributed by atoms with Gasteiger partial charge < -0.3 is 5.32 Å². The number of amides is 1. The summed E-state index contributed by atoms with van der Waals surface area (Å²) in [6, 6.07) is 17.6. The highest BCUT2D eigenvalue weighted by Crippen LogP contribution is 2.25. The highest BCUT2D eigenvalue weighted by molar-refractivity contribution is 9.10. The molecule has 0 aliphatic rings. The summed E-state index contributed by atoms with van der Waals surface area (Å²) in [5.74, 6) is -0.385. The van der Waals surface area contributed by atoms with E-state index < -0.39 is 0 Å². The number of hydrogen-bond donors (Lipinski definition) is 1. The summed E-state index contributed by atoms with van der Waals surface area (Å²) in [5, 5.41) is 7.35. The minimum atomic E-state index is -0.385. The summed E-state index contributed by atoms with van der Waals surface area (Å²) in [6.07, 6.45) is 0. The molecule has 3 aromatic rings. The molecule has 0 unspecified atom stereocenters. The van der Waals surface area contributed by atoms with Gasteiger partial charge in [0.1, 0.15) is 6.54 Å². The minimum absolute atomic E-state index is 0.202. The smallest absolute Gasteiger partial charge is 0.267 e. The molecule has 0 spiro atoms. The Morgan fingerprint density at radius 3 is 2.60 bits per heavy atom. The third-order valence-electron chi connectivity index (χ3n) is 3.43. The quantitative estimate of drug-likeness (QED) is 0.697. The standard InChI is InChI=1S/C18H13BrClN3O2/c19-13-6-7-16(14(20)10-13)21-17(24)11-23-18(25)9-8-15(22-23)12-4-2-1-3-5-12/h1-10H,11H2,(H,21,24). The predicted molar refractivity (Wildman–Crippen MR) is 102 cm³/mol. The maximum absolute atomic E-state index is 12.2. The van der Waals surface area contributed by atoms with Crippen molar-refractivity contribution in [3.8, 4) is 11.3 Å². The predicted octanol–water partition coefficient (Wildman–Crippen LogP) is 3.96. The Morgan fingerprint density at radius 1 is 1.12 bits per heavy atom. The van der Waals surface area contributed by atoms with E-state index >= 15 is 0 Å². The van der Waals surface area contributed by atoms with Gasteiger partial charge in [-0.1, -0.05) is 57.9 Å². The molecule has 0 atom stereocenters. The molecule has 126 valence electrons. The molecule has 25 heavy (non-hydrogen) atoms. The van der Waals surface area contributed by atoms with Gasteiger partial charge in [0, 0.05) is 16.1 Å². The van der Waals surface area contributed by atoms with E-state index in [-0.39, 0.29) is 18.0 Å². The van der Waals surface area contributed by atoms with E-state index in [9.17, 15) is 9.59 Å². The van der Waals surface area contributed by atoms with Gasteiger partial charge in [0.25, 0.3) is 5.56 Å². The second kappa shape index (κ2) is 7.63. The Morgan fingerprint density at radius 2 is 1.88 bits per heavy atom. The Bertz CT molecular complexity index is 974. The normalized spacial score (nSPS) is 10.5. The fourth-order valence-electron chi connectivity index (χ4n) is 2.24. The van der Waals surface area contributed by atoms with Crippen molar-refractivity contribution >= 4 is 39.1 Å². The molecule has 0 fully saturated rings. The Hall–Kier alpha value is -2.44. The van der Waals surface area contributed by atoms with Crippen LogP contribution in [0.3, 0.4) is 0 Å². The van der Waals surface area contributed by atoms with Gasteiger partial charge in [-0.2, -0.15) is 5.10 Å². The van der Waals surface area contributed by atoms with Gasteiger partial charge >= 0.3 is 0 Å². The molecule has 2 aromatic carbocycles. The Balaban J connectivity index is 1.80. The summed E-state index contributed by atoms with van der Waals surface area (Å²) < 4.78 is 1.94. The van der Waals surface area contributed by atoms with Crippen LogP contribution < -0.4 is 10.9 Å². The SMILES string of the molecule is O=C(Cn1nc(-c2ccccc2)ccc1=O)Nc1ccc(Br)cc1Cl. The van der Waals surface area contributed by atoms with Gasteiger partial charge in [-0.25, -0.2) is 4.68 Å². The molecule has 7 heteroatoms. The lowest BCUT2D eigenvalue weighted by atomic mass is 10.1. The first-order valence-electron chi connectivity index (χ1n) is 7.41. The number of aromatic nitrogens is 2. The van der Waals surface area contributed by atoms with E-state index in [4.69, 9.17) is 11.6 Å². The van der Waals surface area contributed by atoms with E-state index in [1.54, 1.807) is 24.3 Å². The number of nitrogens with one attached hydrogen (secondary N) is 1. The van der Waals surface area contributed by atoms with Crippen molar-refractivity contribution < 1.29 is 4.79 Å². The van der Waals surface area contributed by atoms with Gasteiger partial charge in [-0.3, -0.25) is 9.59 Å². The number of carbonyl (C=O) groups excluding carboxylic acids is 1. The van der Waals surface area contributed by atoms with E-state index in [0.717, 1.165) is 14.7 Å². The van der Waals surface area contributed by atoms with Gasteiger partial charge in [0.2, 0.25) is 5.91 Å². The van der Waals surface area contributed by atoms with Crippen molar-refractivity contribution in [2.75, 3.05) is 5.32 Å². The summed E-state index contributed by atoms with van der Waals surface area (Å²) in [7, 11) is 0. The van der Waals surface area contributed by atoms with Crippen LogP contribution in [0.5, 0.6) is 0 Å². The molecule has 1 aromatic heterocycles.